The van der Waals surface area contributed by atoms with Crippen molar-refractivity contribution in [3.8, 4) is 0 Å². The molecule has 9 nitrogen and oxygen atoms in total. The van der Waals surface area contributed by atoms with Crippen LogP contribution in [0.1, 0.15) is 33.4 Å². The molecule has 1 aromatic carbocycles. The molecule has 2 heterocycles. The molecule has 0 radical (unpaired) electrons. The van der Waals surface area contributed by atoms with Crippen LogP contribution in [0.4, 0.5) is 11.4 Å². The minimum atomic E-state index is -0.403. The van der Waals surface area contributed by atoms with Crippen LogP contribution in [0.25, 0.3) is 10.9 Å². The highest BCUT2D eigenvalue weighted by Crippen LogP contribution is 2.20. The summed E-state index contributed by atoms with van der Waals surface area (Å²) in [5.74, 6) is -0.608. The molecule has 3 rings (SSSR count). The quantitative estimate of drug-likeness (QED) is 0.703. The third-order valence-corrected chi connectivity index (χ3v) is 4.26. The number of carbonyl (C=O) groups is 2. The number of hydrogen-bond acceptors (Lipinski definition) is 5. The van der Waals surface area contributed by atoms with Crippen LogP contribution in [0.5, 0.6) is 0 Å². The Morgan fingerprint density at radius 1 is 1.14 bits per heavy atom. The van der Waals surface area contributed by atoms with Gasteiger partial charge < -0.3 is 10.6 Å². The van der Waals surface area contributed by atoms with E-state index in [1.165, 1.54) is 6.92 Å². The van der Waals surface area contributed by atoms with Gasteiger partial charge in [0.05, 0.1) is 17.4 Å². The predicted octanol–water partition coefficient (Wildman–Crippen LogP) is 2.25. The SMILES string of the molecule is CC(=O)Nc1cccc(NC(=O)Cn2nc(C)c3cnn(C(C)(C)C)c3c2=O)c1. The second-order valence-electron chi connectivity index (χ2n) is 7.85. The molecule has 0 fully saturated rings. The lowest BCUT2D eigenvalue weighted by Crippen LogP contribution is -2.33. The molecule has 2 amide bonds. The van der Waals surface area contributed by atoms with E-state index in [9.17, 15) is 14.4 Å². The topological polar surface area (TPSA) is 111 Å². The first kappa shape index (κ1) is 20.2. The maximum absolute atomic E-state index is 13.0. The standard InChI is InChI=1S/C20H24N6O3/c1-12-16-10-21-26(20(3,4)5)18(16)19(29)25(24-12)11-17(28)23-15-8-6-7-14(9-15)22-13(2)27/h6-10H,11H2,1-5H3,(H,22,27)(H,23,28). The average Bonchev–Trinajstić information content (AvgIpc) is 3.05. The third kappa shape index (κ3) is 4.34. The lowest BCUT2D eigenvalue weighted by Gasteiger charge is -2.20. The predicted molar refractivity (Wildman–Crippen MR) is 111 cm³/mol. The lowest BCUT2D eigenvalue weighted by atomic mass is 10.1. The highest BCUT2D eigenvalue weighted by molar-refractivity contribution is 5.93. The molecule has 9 heteroatoms. The molecule has 0 aliphatic carbocycles. The van der Waals surface area contributed by atoms with Crippen molar-refractivity contribution in [2.45, 2.75) is 46.7 Å². The van der Waals surface area contributed by atoms with Crippen molar-refractivity contribution < 1.29 is 9.59 Å². The number of nitrogens with one attached hydrogen (secondary N) is 2. The van der Waals surface area contributed by atoms with Crippen molar-refractivity contribution in [1.82, 2.24) is 19.6 Å². The number of benzene rings is 1. The molecule has 0 aliphatic rings. The molecule has 0 saturated heterocycles. The Morgan fingerprint density at radius 3 is 2.41 bits per heavy atom. The van der Waals surface area contributed by atoms with Crippen molar-refractivity contribution >= 4 is 34.1 Å². The summed E-state index contributed by atoms with van der Waals surface area (Å²) in [5.41, 5.74) is 1.35. The molecule has 2 aromatic heterocycles. The Hall–Kier alpha value is -3.49. The van der Waals surface area contributed by atoms with Crippen molar-refractivity contribution in [2.75, 3.05) is 10.6 Å². The first-order valence-electron chi connectivity index (χ1n) is 9.19. The van der Waals surface area contributed by atoms with E-state index in [1.807, 2.05) is 20.8 Å². The van der Waals surface area contributed by atoms with Crippen LogP contribution in [0.15, 0.2) is 35.3 Å². The van der Waals surface area contributed by atoms with Crippen LogP contribution in [-0.4, -0.2) is 31.4 Å². The molecular formula is C20H24N6O3. The van der Waals surface area contributed by atoms with E-state index in [1.54, 1.807) is 42.1 Å². The molecule has 0 atom stereocenters. The normalized spacial score (nSPS) is 11.5. The summed E-state index contributed by atoms with van der Waals surface area (Å²) < 4.78 is 2.80. The molecule has 152 valence electrons. The van der Waals surface area contributed by atoms with Crippen molar-refractivity contribution in [2.24, 2.45) is 0 Å². The van der Waals surface area contributed by atoms with Gasteiger partial charge >= 0.3 is 0 Å². The van der Waals surface area contributed by atoms with E-state index in [0.717, 1.165) is 4.68 Å². The molecule has 3 aromatic rings. The van der Waals surface area contributed by atoms with Crippen LogP contribution in [-0.2, 0) is 21.7 Å². The van der Waals surface area contributed by atoms with Crippen LogP contribution in [0.2, 0.25) is 0 Å². The number of carbonyl (C=O) groups excluding carboxylic acids is 2. The van der Waals surface area contributed by atoms with Crippen molar-refractivity contribution in [1.29, 1.82) is 0 Å². The van der Waals surface area contributed by atoms with Crippen LogP contribution < -0.4 is 16.2 Å². The second kappa shape index (κ2) is 7.50. The van der Waals surface area contributed by atoms with Gasteiger partial charge in [0.2, 0.25) is 11.8 Å². The smallest absolute Gasteiger partial charge is 0.293 e. The van der Waals surface area contributed by atoms with E-state index in [0.29, 0.717) is 28.0 Å². The van der Waals surface area contributed by atoms with Gasteiger partial charge in [0.15, 0.2) is 0 Å². The number of nitrogens with zero attached hydrogens (tertiary/aromatic N) is 4. The fraction of sp³-hybridized carbons (Fsp3) is 0.350. The zero-order valence-corrected chi connectivity index (χ0v) is 17.1. The minimum Gasteiger partial charge on any atom is -0.326 e. The number of fused-ring (bicyclic) bond motifs is 1. The van der Waals surface area contributed by atoms with Gasteiger partial charge in [-0.25, -0.2) is 4.68 Å². The van der Waals surface area contributed by atoms with E-state index < -0.39 is 5.91 Å². The fourth-order valence-electron chi connectivity index (χ4n) is 3.05. The second-order valence-corrected chi connectivity index (χ2v) is 7.85. The minimum absolute atomic E-state index is 0.205. The van der Waals surface area contributed by atoms with E-state index in [-0.39, 0.29) is 23.6 Å². The fourth-order valence-corrected chi connectivity index (χ4v) is 3.05. The molecule has 0 saturated carbocycles. The number of aryl methyl sites for hydroxylation is 1. The van der Waals surface area contributed by atoms with Gasteiger partial charge in [-0.2, -0.15) is 10.2 Å². The maximum Gasteiger partial charge on any atom is 0.293 e. The molecule has 0 bridgehead atoms. The molecule has 0 spiro atoms. The summed E-state index contributed by atoms with van der Waals surface area (Å²) in [6.07, 6.45) is 1.63. The molecule has 29 heavy (non-hydrogen) atoms. The number of hydrogen-bond donors (Lipinski definition) is 2. The number of aromatic nitrogens is 4. The van der Waals surface area contributed by atoms with E-state index in [2.05, 4.69) is 20.8 Å². The highest BCUT2D eigenvalue weighted by atomic mass is 16.2. The lowest BCUT2D eigenvalue weighted by molar-refractivity contribution is -0.117. The first-order chi connectivity index (χ1) is 13.6. The molecular weight excluding hydrogens is 372 g/mol. The number of anilines is 2. The van der Waals surface area contributed by atoms with Crippen molar-refractivity contribution in [3.05, 3.63) is 46.5 Å². The first-order valence-corrected chi connectivity index (χ1v) is 9.19. The van der Waals surface area contributed by atoms with E-state index in [4.69, 9.17) is 0 Å². The van der Waals surface area contributed by atoms with Crippen molar-refractivity contribution in [3.63, 3.8) is 0 Å². The van der Waals surface area contributed by atoms with Crippen LogP contribution >= 0.6 is 0 Å². The zero-order valence-electron chi connectivity index (χ0n) is 17.1. The summed E-state index contributed by atoms with van der Waals surface area (Å²) in [7, 11) is 0. The number of rotatable bonds is 4. The summed E-state index contributed by atoms with van der Waals surface area (Å²) in [4.78, 5) is 36.7. The summed E-state index contributed by atoms with van der Waals surface area (Å²) in [6, 6.07) is 6.76. The number of amides is 2. The summed E-state index contributed by atoms with van der Waals surface area (Å²) in [6.45, 7) is 8.80. The van der Waals surface area contributed by atoms with Gasteiger partial charge in [-0.3, -0.25) is 19.1 Å². The Kier molecular flexibility index (Phi) is 5.23. The highest BCUT2D eigenvalue weighted by Gasteiger charge is 2.22. The maximum atomic E-state index is 13.0. The van der Waals surface area contributed by atoms with Gasteiger partial charge in [0.1, 0.15) is 12.1 Å². The van der Waals surface area contributed by atoms with Crippen LogP contribution in [0.3, 0.4) is 0 Å². The Bertz CT molecular complexity index is 1150. The Morgan fingerprint density at radius 2 is 1.79 bits per heavy atom. The van der Waals surface area contributed by atoms with Gasteiger partial charge in [-0.15, -0.1) is 0 Å². The van der Waals surface area contributed by atoms with Gasteiger partial charge in [0, 0.05) is 23.7 Å². The summed E-state index contributed by atoms with van der Waals surface area (Å²) in [5, 5.41) is 14.7. The molecule has 0 unspecified atom stereocenters. The Balaban J connectivity index is 1.88. The largest absolute Gasteiger partial charge is 0.326 e. The zero-order chi connectivity index (χ0) is 21.3. The van der Waals surface area contributed by atoms with Gasteiger partial charge in [-0.1, -0.05) is 6.07 Å². The average molecular weight is 396 g/mol. The third-order valence-electron chi connectivity index (χ3n) is 4.26. The molecule has 2 N–H and O–H groups in total. The van der Waals surface area contributed by atoms with Crippen LogP contribution in [0, 0.1) is 6.92 Å². The monoisotopic (exact) mass is 396 g/mol. The van der Waals surface area contributed by atoms with Gasteiger partial charge in [-0.05, 0) is 45.9 Å². The summed E-state index contributed by atoms with van der Waals surface area (Å²) >= 11 is 0. The van der Waals surface area contributed by atoms with Gasteiger partial charge in [0.25, 0.3) is 5.56 Å². The molecule has 0 aliphatic heterocycles. The Labute approximate surface area is 167 Å². The van der Waals surface area contributed by atoms with E-state index >= 15 is 0 Å².